The van der Waals surface area contributed by atoms with E-state index in [2.05, 4.69) is 56.9 Å². The Kier molecular flexibility index (Phi) is 6.98. The van der Waals surface area contributed by atoms with E-state index in [1.54, 1.807) is 24.3 Å². The number of halogens is 2. The molecule has 0 saturated carbocycles. The molecule has 0 aliphatic carbocycles. The van der Waals surface area contributed by atoms with Crippen molar-refractivity contribution in [2.75, 3.05) is 25.0 Å². The Hall–Kier alpha value is -2.45. The summed E-state index contributed by atoms with van der Waals surface area (Å²) in [5, 5.41) is 3.64. The molecule has 0 unspecified atom stereocenters. The molecule has 1 aliphatic heterocycles. The van der Waals surface area contributed by atoms with Crippen LogP contribution in [0.3, 0.4) is 0 Å². The zero-order valence-corrected chi connectivity index (χ0v) is 23.4. The first-order chi connectivity index (χ1) is 17.6. The molecule has 1 aliphatic rings. The van der Waals surface area contributed by atoms with Gasteiger partial charge in [-0.2, -0.15) is 0 Å². The van der Waals surface area contributed by atoms with Crippen molar-refractivity contribution in [3.05, 3.63) is 46.9 Å². The predicted molar refractivity (Wildman–Crippen MR) is 147 cm³/mol. The molecule has 2 aromatic carbocycles. The molecule has 1 aromatic heterocycles. The smallest absolute Gasteiger partial charge is 0.163 e. The van der Waals surface area contributed by atoms with Gasteiger partial charge in [-0.05, 0) is 97.7 Å². The zero-order chi connectivity index (χ0) is 27.9. The van der Waals surface area contributed by atoms with Crippen molar-refractivity contribution < 1.29 is 16.6 Å². The summed E-state index contributed by atoms with van der Waals surface area (Å²) in [6.07, 6.45) is 2.77. The second kappa shape index (κ2) is 10.5. The summed E-state index contributed by atoms with van der Waals surface area (Å²) in [4.78, 5) is 11.1. The maximum Gasteiger partial charge on any atom is 0.163 e. The van der Waals surface area contributed by atoms with Crippen LogP contribution in [0.5, 0.6) is 11.5 Å². The number of benzene rings is 2. The van der Waals surface area contributed by atoms with Crippen LogP contribution < -0.4 is 14.8 Å². The summed E-state index contributed by atoms with van der Waals surface area (Å²) in [5.74, 6) is 0.356. The molecule has 0 spiro atoms. The lowest BCUT2D eigenvalue weighted by molar-refractivity contribution is 0.0698. The molecule has 3 aromatic rings. The van der Waals surface area contributed by atoms with Gasteiger partial charge in [0.25, 0.3) is 0 Å². The van der Waals surface area contributed by atoms with Crippen LogP contribution in [0.15, 0.2) is 41.1 Å². The van der Waals surface area contributed by atoms with E-state index in [1.807, 2.05) is 20.8 Å². The van der Waals surface area contributed by atoms with Crippen LogP contribution in [0.25, 0.3) is 10.9 Å². The molecule has 0 radical (unpaired) electrons. The van der Waals surface area contributed by atoms with Gasteiger partial charge in [-0.25, -0.2) is 14.4 Å². The molecule has 194 valence electrons. The number of nitrogens with one attached hydrogen (secondary N) is 1. The first-order valence-corrected chi connectivity index (χ1v) is 13.1. The van der Waals surface area contributed by atoms with Gasteiger partial charge in [0.05, 0.1) is 20.5 Å². The lowest BCUT2D eigenvalue weighted by atomic mass is 9.93. The van der Waals surface area contributed by atoms with Crippen molar-refractivity contribution in [1.82, 2.24) is 14.9 Å². The van der Waals surface area contributed by atoms with Crippen molar-refractivity contribution in [2.45, 2.75) is 65.5 Å². The first-order valence-electron chi connectivity index (χ1n) is 13.3. The number of nitrogens with zero attached hydrogens (tertiary/aromatic N) is 3. The van der Waals surface area contributed by atoms with Crippen LogP contribution in [-0.2, 0) is 0 Å². The highest BCUT2D eigenvalue weighted by Gasteiger charge is 2.27. The number of hydrogen-bond donors (Lipinski definition) is 1. The van der Waals surface area contributed by atoms with E-state index in [9.17, 15) is 4.39 Å². The summed E-state index contributed by atoms with van der Waals surface area (Å²) in [7, 11) is 0. The number of aromatic nitrogens is 2. The summed E-state index contributed by atoms with van der Waals surface area (Å²) >= 11 is 3.27. The van der Waals surface area contributed by atoms with Crippen molar-refractivity contribution in [2.24, 2.45) is 5.92 Å². The SMILES string of the molecule is [2H]C([2H])(Oc1cc2ncnc(Nc3ccc(Br)cc3F)c2cc1OC(C)(C)C)C1CCN(C(C)(C)C)CC1. The van der Waals surface area contributed by atoms with Gasteiger partial charge in [0, 0.05) is 21.5 Å². The fourth-order valence-corrected chi connectivity index (χ4v) is 4.52. The summed E-state index contributed by atoms with van der Waals surface area (Å²) in [6.45, 7) is 12.0. The van der Waals surface area contributed by atoms with Crippen molar-refractivity contribution in [3.63, 3.8) is 0 Å². The van der Waals surface area contributed by atoms with Crippen LogP contribution >= 0.6 is 15.9 Å². The minimum atomic E-state index is -1.90. The van der Waals surface area contributed by atoms with Gasteiger partial charge in [0.15, 0.2) is 11.5 Å². The lowest BCUT2D eigenvalue weighted by Crippen LogP contribution is -2.46. The van der Waals surface area contributed by atoms with Gasteiger partial charge in [-0.1, -0.05) is 15.9 Å². The largest absolute Gasteiger partial charge is 0.489 e. The molecule has 0 atom stereocenters. The standard InChI is InChI=1S/C28H36BrFN4O2/c1-27(2,3)34-11-9-18(10-12-34)16-35-24-15-23-20(14-25(24)36-28(4,5)6)26(32-17-31-23)33-22-8-7-19(29)13-21(22)30/h7-8,13-15,17-18H,9-12,16H2,1-6H3,(H,31,32,33)/i16D2. The van der Waals surface area contributed by atoms with Crippen LogP contribution in [-0.4, -0.2) is 45.7 Å². The fourth-order valence-electron chi connectivity index (χ4n) is 4.19. The molecule has 8 heteroatoms. The third kappa shape index (κ3) is 6.65. The predicted octanol–water partition coefficient (Wildman–Crippen LogP) is 7.34. The Balaban J connectivity index is 1.67. The minimum absolute atomic E-state index is 0.0508. The highest BCUT2D eigenvalue weighted by atomic mass is 79.9. The van der Waals surface area contributed by atoms with Crippen molar-refractivity contribution >= 4 is 38.3 Å². The average Bonchev–Trinajstić information content (AvgIpc) is 2.80. The van der Waals surface area contributed by atoms with Crippen LogP contribution in [0.1, 0.15) is 57.1 Å². The number of rotatable bonds is 6. The molecule has 0 bridgehead atoms. The number of fused-ring (bicyclic) bond motifs is 1. The Morgan fingerprint density at radius 2 is 1.81 bits per heavy atom. The lowest BCUT2D eigenvalue weighted by Gasteiger charge is -2.40. The second-order valence-corrected chi connectivity index (χ2v) is 12.1. The Morgan fingerprint density at radius 1 is 1.08 bits per heavy atom. The molecule has 0 amide bonds. The topological polar surface area (TPSA) is 59.5 Å². The number of anilines is 2. The van der Waals surface area contributed by atoms with E-state index in [1.165, 1.54) is 12.4 Å². The van der Waals surface area contributed by atoms with Gasteiger partial charge >= 0.3 is 0 Å². The monoisotopic (exact) mass is 560 g/mol. The van der Waals surface area contributed by atoms with Crippen molar-refractivity contribution in [1.29, 1.82) is 0 Å². The molecule has 2 heterocycles. The van der Waals surface area contributed by atoms with E-state index in [4.69, 9.17) is 12.2 Å². The summed E-state index contributed by atoms with van der Waals surface area (Å²) in [5.41, 5.74) is 0.270. The quantitative estimate of drug-likeness (QED) is 0.340. The highest BCUT2D eigenvalue weighted by molar-refractivity contribution is 9.10. The second-order valence-electron chi connectivity index (χ2n) is 11.2. The molecule has 6 nitrogen and oxygen atoms in total. The van der Waals surface area contributed by atoms with Crippen molar-refractivity contribution in [3.8, 4) is 11.5 Å². The van der Waals surface area contributed by atoms with Gasteiger partial charge in [0.2, 0.25) is 0 Å². The van der Waals surface area contributed by atoms with E-state index < -0.39 is 18.0 Å². The van der Waals surface area contributed by atoms with Gasteiger partial charge < -0.3 is 14.8 Å². The van der Waals surface area contributed by atoms with Crippen LogP contribution in [0, 0.1) is 11.7 Å². The third-order valence-corrected chi connectivity index (χ3v) is 6.57. The molecule has 36 heavy (non-hydrogen) atoms. The maximum atomic E-state index is 14.5. The Bertz CT molecular complexity index is 1300. The minimum Gasteiger partial charge on any atom is -0.489 e. The zero-order valence-electron chi connectivity index (χ0n) is 23.8. The number of ether oxygens (including phenoxy) is 2. The first kappa shape index (κ1) is 23.9. The number of likely N-dealkylation sites (tertiary alicyclic amines) is 1. The molecule has 1 saturated heterocycles. The molecular weight excluding hydrogens is 523 g/mol. The fraction of sp³-hybridized carbons (Fsp3) is 0.500. The van der Waals surface area contributed by atoms with E-state index in [-0.39, 0.29) is 22.9 Å². The molecule has 1 fully saturated rings. The Morgan fingerprint density at radius 3 is 2.44 bits per heavy atom. The summed E-state index contributed by atoms with van der Waals surface area (Å²) in [6, 6.07) is 8.14. The van der Waals surface area contributed by atoms with Crippen LogP contribution in [0.4, 0.5) is 15.9 Å². The molecule has 4 rings (SSSR count). The number of piperidine rings is 1. The number of hydrogen-bond acceptors (Lipinski definition) is 6. The van der Waals surface area contributed by atoms with E-state index >= 15 is 0 Å². The summed E-state index contributed by atoms with van der Waals surface area (Å²) < 4.78 is 45.1. The molecular formula is C28H36BrFN4O2. The van der Waals surface area contributed by atoms with Gasteiger partial charge in [-0.15, -0.1) is 0 Å². The average molecular weight is 562 g/mol. The third-order valence-electron chi connectivity index (χ3n) is 6.08. The highest BCUT2D eigenvalue weighted by Crippen LogP contribution is 2.38. The van der Waals surface area contributed by atoms with E-state index in [0.717, 1.165) is 13.1 Å². The van der Waals surface area contributed by atoms with E-state index in [0.29, 0.717) is 39.8 Å². The van der Waals surface area contributed by atoms with Crippen LogP contribution in [0.2, 0.25) is 0 Å². The molecule has 1 N–H and O–H groups in total. The van der Waals surface area contributed by atoms with Gasteiger partial charge in [-0.3, -0.25) is 4.90 Å². The maximum absolute atomic E-state index is 14.5. The normalized spacial score (nSPS) is 17.0. The van der Waals surface area contributed by atoms with Gasteiger partial charge in [0.1, 0.15) is 23.6 Å². The Labute approximate surface area is 224 Å².